The number of hydrogen-bond acceptors (Lipinski definition) is 4. The van der Waals surface area contributed by atoms with E-state index in [0.717, 1.165) is 18.6 Å². The number of benzene rings is 1. The smallest absolute Gasteiger partial charge is 0.203 e. The van der Waals surface area contributed by atoms with Gasteiger partial charge >= 0.3 is 0 Å². The molecular formula is C15H18O4. The molecule has 4 nitrogen and oxygen atoms in total. The molecule has 19 heavy (non-hydrogen) atoms. The summed E-state index contributed by atoms with van der Waals surface area (Å²) in [5.41, 5.74) is 0.604. The molecule has 0 bridgehead atoms. The molecule has 1 aromatic rings. The summed E-state index contributed by atoms with van der Waals surface area (Å²) in [7, 11) is 0. The van der Waals surface area contributed by atoms with Crippen LogP contribution in [0.5, 0.6) is 11.5 Å². The number of rotatable bonds is 3. The minimum absolute atomic E-state index is 0.0300. The summed E-state index contributed by atoms with van der Waals surface area (Å²) in [6.07, 6.45) is 2.22. The lowest BCUT2D eigenvalue weighted by Gasteiger charge is -2.19. The highest BCUT2D eigenvalue weighted by atomic mass is 16.6. The molecule has 1 fully saturated rings. The second-order valence-corrected chi connectivity index (χ2v) is 5.72. The topological polar surface area (TPSA) is 44.8 Å². The molecule has 0 spiro atoms. The number of carbonyl (C=O) groups is 1. The van der Waals surface area contributed by atoms with Gasteiger partial charge in [0.2, 0.25) is 5.78 Å². The fourth-order valence-corrected chi connectivity index (χ4v) is 2.55. The molecule has 1 aromatic carbocycles. The van der Waals surface area contributed by atoms with Crippen LogP contribution >= 0.6 is 0 Å². The summed E-state index contributed by atoms with van der Waals surface area (Å²) in [5.74, 6) is 1.37. The van der Waals surface area contributed by atoms with Gasteiger partial charge in [0.05, 0.1) is 17.3 Å². The highest BCUT2D eigenvalue weighted by molar-refractivity contribution is 6.02. The van der Waals surface area contributed by atoms with Crippen molar-refractivity contribution in [1.29, 1.82) is 0 Å². The average Bonchev–Trinajstić information content (AvgIpc) is 2.90. The van der Waals surface area contributed by atoms with E-state index in [0.29, 0.717) is 17.9 Å². The summed E-state index contributed by atoms with van der Waals surface area (Å²) >= 11 is 0. The van der Waals surface area contributed by atoms with Gasteiger partial charge in [0, 0.05) is 6.07 Å². The molecular weight excluding hydrogens is 244 g/mol. The van der Waals surface area contributed by atoms with Gasteiger partial charge in [-0.15, -0.1) is 0 Å². The van der Waals surface area contributed by atoms with Crippen LogP contribution in [-0.2, 0) is 4.74 Å². The molecule has 0 radical (unpaired) electrons. The zero-order valence-electron chi connectivity index (χ0n) is 11.3. The Morgan fingerprint density at radius 3 is 3.00 bits per heavy atom. The van der Waals surface area contributed by atoms with Gasteiger partial charge in [0.15, 0.2) is 6.61 Å². The van der Waals surface area contributed by atoms with Crippen molar-refractivity contribution in [3.05, 3.63) is 23.8 Å². The van der Waals surface area contributed by atoms with Gasteiger partial charge in [-0.2, -0.15) is 0 Å². The molecule has 0 aliphatic carbocycles. The minimum Gasteiger partial charge on any atom is -0.491 e. The number of fused-ring (bicyclic) bond motifs is 1. The summed E-state index contributed by atoms with van der Waals surface area (Å²) in [6, 6.07) is 5.35. The Kier molecular flexibility index (Phi) is 2.97. The SMILES string of the molecule is CC1(C)CCC(COc2ccc3c(c2)OCC3=O)O1. The average molecular weight is 262 g/mol. The van der Waals surface area contributed by atoms with Crippen molar-refractivity contribution in [3.63, 3.8) is 0 Å². The molecule has 2 aliphatic heterocycles. The quantitative estimate of drug-likeness (QED) is 0.840. The summed E-state index contributed by atoms with van der Waals surface area (Å²) in [4.78, 5) is 11.4. The predicted molar refractivity (Wildman–Crippen MR) is 69.9 cm³/mol. The first-order valence-corrected chi connectivity index (χ1v) is 6.64. The Morgan fingerprint density at radius 2 is 2.26 bits per heavy atom. The third kappa shape index (κ3) is 2.59. The lowest BCUT2D eigenvalue weighted by atomic mass is 10.1. The first-order chi connectivity index (χ1) is 9.03. The van der Waals surface area contributed by atoms with Crippen LogP contribution in [0, 0.1) is 0 Å². The number of ether oxygens (including phenoxy) is 3. The molecule has 2 aliphatic rings. The van der Waals surface area contributed by atoms with Gasteiger partial charge in [0.1, 0.15) is 18.1 Å². The molecule has 102 valence electrons. The van der Waals surface area contributed by atoms with E-state index in [1.54, 1.807) is 12.1 Å². The van der Waals surface area contributed by atoms with E-state index in [1.165, 1.54) is 0 Å². The number of ketones is 1. The van der Waals surface area contributed by atoms with Crippen molar-refractivity contribution in [3.8, 4) is 11.5 Å². The van der Waals surface area contributed by atoms with Crippen LogP contribution in [-0.4, -0.2) is 30.7 Å². The van der Waals surface area contributed by atoms with Gasteiger partial charge in [0.25, 0.3) is 0 Å². The van der Waals surface area contributed by atoms with E-state index in [1.807, 2.05) is 6.07 Å². The van der Waals surface area contributed by atoms with Crippen LogP contribution in [0.4, 0.5) is 0 Å². The summed E-state index contributed by atoms with van der Waals surface area (Å²) in [5, 5.41) is 0. The molecule has 1 atom stereocenters. The second kappa shape index (κ2) is 4.53. The fraction of sp³-hybridized carbons (Fsp3) is 0.533. The molecule has 1 unspecified atom stereocenters. The van der Waals surface area contributed by atoms with E-state index in [9.17, 15) is 4.79 Å². The van der Waals surface area contributed by atoms with E-state index in [2.05, 4.69) is 13.8 Å². The Balaban J connectivity index is 1.61. The lowest BCUT2D eigenvalue weighted by molar-refractivity contribution is -0.0326. The molecule has 2 heterocycles. The third-order valence-corrected chi connectivity index (χ3v) is 3.60. The summed E-state index contributed by atoms with van der Waals surface area (Å²) in [6.45, 7) is 4.87. The normalized spacial score (nSPS) is 24.1. The van der Waals surface area contributed by atoms with E-state index >= 15 is 0 Å². The first-order valence-electron chi connectivity index (χ1n) is 6.64. The van der Waals surface area contributed by atoms with Crippen molar-refractivity contribution in [1.82, 2.24) is 0 Å². The Labute approximate surface area is 112 Å². The molecule has 0 amide bonds. The third-order valence-electron chi connectivity index (χ3n) is 3.60. The van der Waals surface area contributed by atoms with Gasteiger partial charge in [-0.3, -0.25) is 4.79 Å². The molecule has 0 aromatic heterocycles. The van der Waals surface area contributed by atoms with Gasteiger partial charge in [-0.1, -0.05) is 0 Å². The minimum atomic E-state index is -0.0402. The predicted octanol–water partition coefficient (Wildman–Crippen LogP) is 2.60. The van der Waals surface area contributed by atoms with Crippen molar-refractivity contribution in [2.24, 2.45) is 0 Å². The van der Waals surface area contributed by atoms with Crippen LogP contribution in [0.15, 0.2) is 18.2 Å². The van der Waals surface area contributed by atoms with Crippen LogP contribution < -0.4 is 9.47 Å². The van der Waals surface area contributed by atoms with Gasteiger partial charge < -0.3 is 14.2 Å². The van der Waals surface area contributed by atoms with Crippen molar-refractivity contribution < 1.29 is 19.0 Å². The fourth-order valence-electron chi connectivity index (χ4n) is 2.55. The van der Waals surface area contributed by atoms with Crippen molar-refractivity contribution >= 4 is 5.78 Å². The zero-order valence-corrected chi connectivity index (χ0v) is 11.3. The second-order valence-electron chi connectivity index (χ2n) is 5.72. The molecule has 0 saturated carbocycles. The summed E-state index contributed by atoms with van der Waals surface area (Å²) < 4.78 is 16.9. The molecule has 0 N–H and O–H groups in total. The van der Waals surface area contributed by atoms with Crippen molar-refractivity contribution in [2.75, 3.05) is 13.2 Å². The van der Waals surface area contributed by atoms with Crippen LogP contribution in [0.3, 0.4) is 0 Å². The maximum Gasteiger partial charge on any atom is 0.203 e. The molecule has 3 rings (SSSR count). The molecule has 1 saturated heterocycles. The number of hydrogen-bond donors (Lipinski definition) is 0. The van der Waals surface area contributed by atoms with Crippen LogP contribution in [0.2, 0.25) is 0 Å². The van der Waals surface area contributed by atoms with Gasteiger partial charge in [-0.25, -0.2) is 0 Å². The monoisotopic (exact) mass is 262 g/mol. The zero-order chi connectivity index (χ0) is 13.5. The highest BCUT2D eigenvalue weighted by Crippen LogP contribution is 2.32. The standard InChI is InChI=1S/C15H18O4/c1-15(2)6-5-11(19-15)8-17-10-3-4-12-13(16)9-18-14(12)7-10/h3-4,7,11H,5-6,8-9H2,1-2H3. The maximum atomic E-state index is 11.4. The molecule has 4 heteroatoms. The number of Topliss-reactive ketones (excluding diaryl/α,β-unsaturated/α-hetero) is 1. The Hall–Kier alpha value is -1.55. The lowest BCUT2D eigenvalue weighted by Crippen LogP contribution is -2.23. The van der Waals surface area contributed by atoms with Crippen LogP contribution in [0.25, 0.3) is 0 Å². The Morgan fingerprint density at radius 1 is 1.42 bits per heavy atom. The van der Waals surface area contributed by atoms with Gasteiger partial charge in [-0.05, 0) is 38.8 Å². The highest BCUT2D eigenvalue weighted by Gasteiger charge is 2.32. The number of carbonyl (C=O) groups excluding carboxylic acids is 1. The van der Waals surface area contributed by atoms with Crippen LogP contribution in [0.1, 0.15) is 37.0 Å². The maximum absolute atomic E-state index is 11.4. The van der Waals surface area contributed by atoms with E-state index < -0.39 is 0 Å². The Bertz CT molecular complexity index is 507. The van der Waals surface area contributed by atoms with E-state index in [-0.39, 0.29) is 24.1 Å². The van der Waals surface area contributed by atoms with E-state index in [4.69, 9.17) is 14.2 Å². The van der Waals surface area contributed by atoms with Crippen molar-refractivity contribution in [2.45, 2.75) is 38.4 Å². The first kappa shape index (κ1) is 12.5. The largest absolute Gasteiger partial charge is 0.491 e.